The SMILES string of the molecule is CO[P@@]1(=O)N(C)C(=O)O[C@]1(C#N)C(C)(C)C. The molecule has 0 radical (unpaired) electrons. The van der Waals surface area contributed by atoms with Gasteiger partial charge < -0.3 is 9.26 Å². The van der Waals surface area contributed by atoms with Crippen molar-refractivity contribution in [1.82, 2.24) is 4.67 Å². The monoisotopic (exact) mass is 246 g/mol. The molecular weight excluding hydrogens is 231 g/mol. The second kappa shape index (κ2) is 3.47. The minimum Gasteiger partial charge on any atom is -0.414 e. The van der Waals surface area contributed by atoms with Crippen molar-refractivity contribution in [2.24, 2.45) is 5.41 Å². The summed E-state index contributed by atoms with van der Waals surface area (Å²) in [6.45, 7) is 5.02. The highest BCUT2D eigenvalue weighted by atomic mass is 31.2. The Morgan fingerprint density at radius 2 is 2.06 bits per heavy atom. The fourth-order valence-corrected chi connectivity index (χ4v) is 4.00. The summed E-state index contributed by atoms with van der Waals surface area (Å²) >= 11 is 0. The molecule has 0 saturated carbocycles. The number of carbonyl (C=O) groups is 1. The van der Waals surface area contributed by atoms with Crippen molar-refractivity contribution in [3.63, 3.8) is 0 Å². The van der Waals surface area contributed by atoms with Crippen LogP contribution in [-0.4, -0.2) is 30.3 Å². The molecule has 0 aromatic carbocycles. The third-order valence-corrected chi connectivity index (χ3v) is 5.81. The van der Waals surface area contributed by atoms with Gasteiger partial charge in [0.25, 0.3) is 5.34 Å². The van der Waals surface area contributed by atoms with E-state index in [1.54, 1.807) is 20.8 Å². The van der Waals surface area contributed by atoms with E-state index in [9.17, 15) is 14.6 Å². The van der Waals surface area contributed by atoms with Gasteiger partial charge in [-0.1, -0.05) is 20.8 Å². The maximum Gasteiger partial charge on any atom is 0.419 e. The molecule has 0 aromatic heterocycles. The van der Waals surface area contributed by atoms with E-state index in [1.807, 2.05) is 6.07 Å². The van der Waals surface area contributed by atoms with E-state index in [0.717, 1.165) is 4.67 Å². The molecule has 0 aliphatic carbocycles. The highest BCUT2D eigenvalue weighted by Crippen LogP contribution is 2.70. The minimum absolute atomic E-state index is 0.804. The Hall–Kier alpha value is -1.05. The fraction of sp³-hybridized carbons (Fsp3) is 0.778. The molecule has 1 aliphatic heterocycles. The Morgan fingerprint density at radius 1 is 1.56 bits per heavy atom. The number of rotatable bonds is 1. The molecule has 0 aromatic rings. The lowest BCUT2D eigenvalue weighted by Crippen LogP contribution is -2.41. The molecule has 0 N–H and O–H groups in total. The molecule has 1 fully saturated rings. The summed E-state index contributed by atoms with van der Waals surface area (Å²) < 4.78 is 23.4. The van der Waals surface area contributed by atoms with Crippen LogP contribution < -0.4 is 0 Å². The van der Waals surface area contributed by atoms with Gasteiger partial charge in [-0.25, -0.2) is 9.46 Å². The molecule has 1 saturated heterocycles. The van der Waals surface area contributed by atoms with Crippen LogP contribution in [0.4, 0.5) is 4.79 Å². The Bertz CT molecular complexity index is 409. The molecule has 1 amide bonds. The number of cyclic esters (lactones) is 1. The Labute approximate surface area is 94.6 Å². The van der Waals surface area contributed by atoms with Gasteiger partial charge in [0, 0.05) is 19.6 Å². The Balaban J connectivity index is 3.50. The zero-order valence-corrected chi connectivity index (χ0v) is 10.9. The van der Waals surface area contributed by atoms with E-state index < -0.39 is 24.4 Å². The van der Waals surface area contributed by atoms with Gasteiger partial charge in [0.2, 0.25) is 0 Å². The van der Waals surface area contributed by atoms with Gasteiger partial charge in [-0.15, -0.1) is 0 Å². The average molecular weight is 246 g/mol. The van der Waals surface area contributed by atoms with Crippen molar-refractivity contribution < 1.29 is 18.6 Å². The van der Waals surface area contributed by atoms with Crippen LogP contribution in [0, 0.1) is 16.7 Å². The van der Waals surface area contributed by atoms with Crippen molar-refractivity contribution in [2.75, 3.05) is 14.2 Å². The number of carbonyl (C=O) groups excluding carboxylic acids is 1. The van der Waals surface area contributed by atoms with Gasteiger partial charge >= 0.3 is 13.6 Å². The van der Waals surface area contributed by atoms with Crippen molar-refractivity contribution in [3.8, 4) is 6.07 Å². The van der Waals surface area contributed by atoms with E-state index >= 15 is 0 Å². The third kappa shape index (κ3) is 1.28. The lowest BCUT2D eigenvalue weighted by molar-refractivity contribution is 0.0425. The van der Waals surface area contributed by atoms with Crippen LogP contribution in [0.2, 0.25) is 0 Å². The molecule has 1 aliphatic rings. The molecule has 90 valence electrons. The topological polar surface area (TPSA) is 79.6 Å². The molecule has 1 rings (SSSR count). The quantitative estimate of drug-likeness (QED) is 0.662. The van der Waals surface area contributed by atoms with E-state index in [0.29, 0.717) is 0 Å². The van der Waals surface area contributed by atoms with Crippen LogP contribution in [0.1, 0.15) is 20.8 Å². The van der Waals surface area contributed by atoms with Gasteiger partial charge in [-0.2, -0.15) is 5.26 Å². The van der Waals surface area contributed by atoms with Crippen molar-refractivity contribution in [2.45, 2.75) is 26.1 Å². The second-order valence-electron chi connectivity index (χ2n) is 4.60. The molecular formula is C9H15N2O4P. The summed E-state index contributed by atoms with van der Waals surface area (Å²) in [4.78, 5) is 11.5. The molecule has 1 heterocycles. The smallest absolute Gasteiger partial charge is 0.414 e. The zero-order chi connectivity index (χ0) is 12.8. The van der Waals surface area contributed by atoms with Gasteiger partial charge in [0.05, 0.1) is 0 Å². The first-order valence-corrected chi connectivity index (χ1v) is 6.28. The van der Waals surface area contributed by atoms with Gasteiger partial charge in [-0.05, 0) is 0 Å². The Morgan fingerprint density at radius 3 is 2.31 bits per heavy atom. The van der Waals surface area contributed by atoms with E-state index in [-0.39, 0.29) is 0 Å². The van der Waals surface area contributed by atoms with Crippen LogP contribution in [-0.2, 0) is 13.8 Å². The summed E-state index contributed by atoms with van der Waals surface area (Å²) in [6, 6.07) is 1.85. The predicted octanol–water partition coefficient (Wildman–Crippen LogP) is 2.17. The Kier molecular flexibility index (Phi) is 2.83. The summed E-state index contributed by atoms with van der Waals surface area (Å²) in [5.74, 6) is 0. The molecule has 0 bridgehead atoms. The number of nitrogens with zero attached hydrogens (tertiary/aromatic N) is 2. The van der Waals surface area contributed by atoms with Crippen LogP contribution in [0.25, 0.3) is 0 Å². The zero-order valence-electron chi connectivity index (χ0n) is 9.97. The van der Waals surface area contributed by atoms with E-state index in [4.69, 9.17) is 9.26 Å². The van der Waals surface area contributed by atoms with Gasteiger partial charge in [0.15, 0.2) is 0 Å². The first-order chi connectivity index (χ1) is 7.16. The maximum atomic E-state index is 12.6. The number of hydrogen-bond donors (Lipinski definition) is 0. The first kappa shape index (κ1) is 13.0. The van der Waals surface area contributed by atoms with Crippen molar-refractivity contribution >= 4 is 13.6 Å². The van der Waals surface area contributed by atoms with Crippen LogP contribution in [0.15, 0.2) is 0 Å². The van der Waals surface area contributed by atoms with Gasteiger partial charge in [-0.3, -0.25) is 4.57 Å². The van der Waals surface area contributed by atoms with E-state index in [2.05, 4.69) is 0 Å². The summed E-state index contributed by atoms with van der Waals surface area (Å²) in [5.41, 5.74) is -0.812. The van der Waals surface area contributed by atoms with Crippen LogP contribution in [0.5, 0.6) is 0 Å². The minimum atomic E-state index is -3.66. The average Bonchev–Trinajstić information content (AvgIpc) is 2.40. The highest BCUT2D eigenvalue weighted by Gasteiger charge is 2.69. The summed E-state index contributed by atoms with van der Waals surface area (Å²) in [6.07, 6.45) is -0.804. The normalized spacial score (nSPS) is 34.8. The molecule has 16 heavy (non-hydrogen) atoms. The fourth-order valence-electron chi connectivity index (χ4n) is 1.65. The molecule has 0 unspecified atom stereocenters. The van der Waals surface area contributed by atoms with Crippen LogP contribution >= 0.6 is 7.52 Å². The molecule has 0 spiro atoms. The summed E-state index contributed by atoms with van der Waals surface area (Å²) in [7, 11) is -1.15. The molecule has 2 atom stereocenters. The first-order valence-electron chi connectivity index (χ1n) is 4.70. The maximum absolute atomic E-state index is 12.6. The summed E-state index contributed by atoms with van der Waals surface area (Å²) in [5, 5.41) is 7.49. The largest absolute Gasteiger partial charge is 0.419 e. The molecule has 6 nitrogen and oxygen atoms in total. The number of ether oxygens (including phenoxy) is 1. The van der Waals surface area contributed by atoms with Gasteiger partial charge in [0.1, 0.15) is 6.07 Å². The lowest BCUT2D eigenvalue weighted by Gasteiger charge is -2.36. The molecule has 7 heteroatoms. The second-order valence-corrected chi connectivity index (χ2v) is 7.24. The van der Waals surface area contributed by atoms with Crippen molar-refractivity contribution in [1.29, 1.82) is 5.26 Å². The number of amides is 1. The third-order valence-electron chi connectivity index (χ3n) is 2.71. The van der Waals surface area contributed by atoms with E-state index in [1.165, 1.54) is 14.2 Å². The lowest BCUT2D eigenvalue weighted by atomic mass is 9.89. The van der Waals surface area contributed by atoms with Crippen LogP contribution in [0.3, 0.4) is 0 Å². The standard InChI is InChI=1S/C9H15N2O4P/c1-8(2,3)9(6-10)15-7(12)11(4)16(9,13)14-5/h1-5H3/t9-,16+/m0/s1. The number of hydrogen-bond acceptors (Lipinski definition) is 5. The highest BCUT2D eigenvalue weighted by molar-refractivity contribution is 7.59. The predicted molar refractivity (Wildman–Crippen MR) is 56.7 cm³/mol. The number of nitriles is 1. The van der Waals surface area contributed by atoms with Crippen molar-refractivity contribution in [3.05, 3.63) is 0 Å².